The van der Waals surface area contributed by atoms with Crippen LogP contribution >= 0.6 is 0 Å². The van der Waals surface area contributed by atoms with Crippen LogP contribution < -0.4 is 5.32 Å². The number of carbonyl (C=O) groups is 2. The van der Waals surface area contributed by atoms with Gasteiger partial charge < -0.3 is 10.4 Å². The molecule has 20 heavy (non-hydrogen) atoms. The molecule has 0 bridgehead atoms. The van der Waals surface area contributed by atoms with Crippen LogP contribution in [0.4, 0.5) is 0 Å². The maximum Gasteiger partial charge on any atom is 0.306 e. The van der Waals surface area contributed by atoms with Crippen molar-refractivity contribution < 1.29 is 14.7 Å². The average Bonchev–Trinajstić information content (AvgIpc) is 2.84. The van der Waals surface area contributed by atoms with Crippen LogP contribution in [0, 0.1) is 25.7 Å². The van der Waals surface area contributed by atoms with E-state index in [4.69, 9.17) is 5.11 Å². The maximum atomic E-state index is 12.3. The Hall–Kier alpha value is -1.84. The van der Waals surface area contributed by atoms with Crippen molar-refractivity contribution >= 4 is 11.9 Å². The lowest BCUT2D eigenvalue weighted by Crippen LogP contribution is -2.33. The standard InChI is InChI=1S/C16H21NO3/c1-10-5-3-6-11(2)14(10)15(18)17-9-12-7-4-8-13(12)16(19)20/h3,5-6,12-13H,4,7-9H2,1-2H3,(H,17,18)(H,19,20). The van der Waals surface area contributed by atoms with E-state index < -0.39 is 5.97 Å². The van der Waals surface area contributed by atoms with E-state index in [-0.39, 0.29) is 17.7 Å². The molecule has 2 rings (SSSR count). The number of aryl methyl sites for hydroxylation is 2. The average molecular weight is 275 g/mol. The molecule has 0 radical (unpaired) electrons. The van der Waals surface area contributed by atoms with Crippen LogP contribution in [0.1, 0.15) is 40.7 Å². The number of carbonyl (C=O) groups excluding carboxylic acids is 1. The minimum atomic E-state index is -0.742. The highest BCUT2D eigenvalue weighted by molar-refractivity contribution is 5.97. The quantitative estimate of drug-likeness (QED) is 0.887. The monoisotopic (exact) mass is 275 g/mol. The lowest BCUT2D eigenvalue weighted by Gasteiger charge is -2.17. The first-order chi connectivity index (χ1) is 9.50. The molecule has 1 aliphatic carbocycles. The van der Waals surface area contributed by atoms with Crippen molar-refractivity contribution in [3.05, 3.63) is 34.9 Å². The number of rotatable bonds is 4. The van der Waals surface area contributed by atoms with E-state index in [1.807, 2.05) is 32.0 Å². The number of hydrogen-bond acceptors (Lipinski definition) is 2. The van der Waals surface area contributed by atoms with Crippen molar-refractivity contribution in [3.8, 4) is 0 Å². The smallest absolute Gasteiger partial charge is 0.306 e. The molecule has 1 aromatic rings. The van der Waals surface area contributed by atoms with E-state index in [9.17, 15) is 9.59 Å². The van der Waals surface area contributed by atoms with Gasteiger partial charge in [-0.15, -0.1) is 0 Å². The summed E-state index contributed by atoms with van der Waals surface area (Å²) in [5.41, 5.74) is 2.60. The SMILES string of the molecule is Cc1cccc(C)c1C(=O)NCC1CCCC1C(=O)O. The van der Waals surface area contributed by atoms with Crippen molar-refractivity contribution in [2.75, 3.05) is 6.54 Å². The van der Waals surface area contributed by atoms with Crippen molar-refractivity contribution in [1.82, 2.24) is 5.32 Å². The number of carboxylic acid groups (broad SMARTS) is 1. The number of hydrogen-bond donors (Lipinski definition) is 2. The molecule has 0 heterocycles. The van der Waals surface area contributed by atoms with Gasteiger partial charge in [-0.25, -0.2) is 0 Å². The summed E-state index contributed by atoms with van der Waals surface area (Å²) in [5, 5.41) is 12.0. The first kappa shape index (κ1) is 14.6. The fourth-order valence-electron chi connectivity index (χ4n) is 3.09. The van der Waals surface area contributed by atoms with Crippen LogP contribution in [0.15, 0.2) is 18.2 Å². The first-order valence-corrected chi connectivity index (χ1v) is 7.08. The molecule has 4 heteroatoms. The number of amides is 1. The second-order valence-corrected chi connectivity index (χ2v) is 5.61. The Labute approximate surface area is 119 Å². The highest BCUT2D eigenvalue weighted by atomic mass is 16.4. The maximum absolute atomic E-state index is 12.3. The van der Waals surface area contributed by atoms with Gasteiger partial charge in [0.2, 0.25) is 0 Å². The number of carboxylic acids is 1. The molecule has 2 atom stereocenters. The van der Waals surface area contributed by atoms with Gasteiger partial charge in [-0.2, -0.15) is 0 Å². The van der Waals surface area contributed by atoms with E-state index in [1.54, 1.807) is 0 Å². The minimum Gasteiger partial charge on any atom is -0.481 e. The zero-order valence-corrected chi connectivity index (χ0v) is 12.0. The van der Waals surface area contributed by atoms with Crippen LogP contribution in [0.5, 0.6) is 0 Å². The summed E-state index contributed by atoms with van der Waals surface area (Å²) < 4.78 is 0. The predicted molar refractivity (Wildman–Crippen MR) is 76.7 cm³/mol. The van der Waals surface area contributed by atoms with Crippen molar-refractivity contribution in [2.24, 2.45) is 11.8 Å². The highest BCUT2D eigenvalue weighted by Crippen LogP contribution is 2.31. The van der Waals surface area contributed by atoms with E-state index in [1.165, 1.54) is 0 Å². The molecule has 1 aliphatic rings. The van der Waals surface area contributed by atoms with Crippen molar-refractivity contribution in [3.63, 3.8) is 0 Å². The topological polar surface area (TPSA) is 66.4 Å². The van der Waals surface area contributed by atoms with E-state index in [2.05, 4.69) is 5.32 Å². The van der Waals surface area contributed by atoms with Crippen LogP contribution in [0.2, 0.25) is 0 Å². The second kappa shape index (κ2) is 6.07. The summed E-state index contributed by atoms with van der Waals surface area (Å²) in [5.74, 6) is -1.10. The van der Waals surface area contributed by atoms with Crippen LogP contribution in [0.25, 0.3) is 0 Å². The van der Waals surface area contributed by atoms with E-state index in [0.717, 1.165) is 30.4 Å². The Bertz CT molecular complexity index is 504. The number of aliphatic carboxylic acids is 1. The molecule has 1 amide bonds. The molecule has 1 saturated carbocycles. The summed E-state index contributed by atoms with van der Waals surface area (Å²) in [4.78, 5) is 23.4. The molecule has 0 spiro atoms. The van der Waals surface area contributed by atoms with E-state index in [0.29, 0.717) is 12.1 Å². The van der Waals surface area contributed by atoms with Gasteiger partial charge in [0.15, 0.2) is 0 Å². The number of benzene rings is 1. The predicted octanol–water partition coefficient (Wildman–Crippen LogP) is 2.53. The number of nitrogens with one attached hydrogen (secondary N) is 1. The molecule has 1 aromatic carbocycles. The third-order valence-corrected chi connectivity index (χ3v) is 4.21. The summed E-state index contributed by atoms with van der Waals surface area (Å²) in [6, 6.07) is 5.76. The molecule has 1 fully saturated rings. The molecular formula is C16H21NO3. The van der Waals surface area contributed by atoms with Gasteiger partial charge >= 0.3 is 5.97 Å². The van der Waals surface area contributed by atoms with Crippen LogP contribution in [-0.4, -0.2) is 23.5 Å². The van der Waals surface area contributed by atoms with E-state index >= 15 is 0 Å². The lowest BCUT2D eigenvalue weighted by molar-refractivity contribution is -0.142. The Balaban J connectivity index is 2.01. The molecule has 0 saturated heterocycles. The van der Waals surface area contributed by atoms with Gasteiger partial charge in [0.05, 0.1) is 5.92 Å². The fourth-order valence-corrected chi connectivity index (χ4v) is 3.09. The minimum absolute atomic E-state index is 0.0563. The van der Waals surface area contributed by atoms with Gasteiger partial charge in [-0.3, -0.25) is 9.59 Å². The Kier molecular flexibility index (Phi) is 4.42. The molecule has 2 unspecified atom stereocenters. The fraction of sp³-hybridized carbons (Fsp3) is 0.500. The van der Waals surface area contributed by atoms with Gasteiger partial charge in [0.1, 0.15) is 0 Å². The molecule has 0 aliphatic heterocycles. The molecule has 108 valence electrons. The van der Waals surface area contributed by atoms with Gasteiger partial charge in [-0.05, 0) is 43.7 Å². The molecule has 4 nitrogen and oxygen atoms in total. The van der Waals surface area contributed by atoms with Crippen LogP contribution in [0.3, 0.4) is 0 Å². The Morgan fingerprint density at radius 3 is 2.50 bits per heavy atom. The third-order valence-electron chi connectivity index (χ3n) is 4.21. The summed E-state index contributed by atoms with van der Waals surface area (Å²) in [6.45, 7) is 4.28. The first-order valence-electron chi connectivity index (χ1n) is 7.08. The third kappa shape index (κ3) is 3.00. The second-order valence-electron chi connectivity index (χ2n) is 5.61. The van der Waals surface area contributed by atoms with Crippen LogP contribution in [-0.2, 0) is 4.79 Å². The zero-order valence-electron chi connectivity index (χ0n) is 12.0. The van der Waals surface area contributed by atoms with Crippen molar-refractivity contribution in [2.45, 2.75) is 33.1 Å². The van der Waals surface area contributed by atoms with Gasteiger partial charge in [0.25, 0.3) is 5.91 Å². The molecule has 0 aromatic heterocycles. The largest absolute Gasteiger partial charge is 0.481 e. The summed E-state index contributed by atoms with van der Waals surface area (Å²) >= 11 is 0. The highest BCUT2D eigenvalue weighted by Gasteiger charge is 2.33. The van der Waals surface area contributed by atoms with Gasteiger partial charge in [0, 0.05) is 12.1 Å². The molecule has 2 N–H and O–H groups in total. The van der Waals surface area contributed by atoms with Gasteiger partial charge in [-0.1, -0.05) is 24.6 Å². The molecular weight excluding hydrogens is 254 g/mol. The Morgan fingerprint density at radius 1 is 1.25 bits per heavy atom. The lowest BCUT2D eigenvalue weighted by atomic mass is 9.95. The van der Waals surface area contributed by atoms with Crippen molar-refractivity contribution in [1.29, 1.82) is 0 Å². The summed E-state index contributed by atoms with van der Waals surface area (Å²) in [7, 11) is 0. The zero-order chi connectivity index (χ0) is 14.7. The Morgan fingerprint density at radius 2 is 1.90 bits per heavy atom. The normalized spacial score (nSPS) is 21.7. The summed E-state index contributed by atoms with van der Waals surface area (Å²) in [6.07, 6.45) is 2.53.